The van der Waals surface area contributed by atoms with Gasteiger partial charge in [0.1, 0.15) is 0 Å². The topological polar surface area (TPSA) is 46.1 Å². The first-order chi connectivity index (χ1) is 7.18. The summed E-state index contributed by atoms with van der Waals surface area (Å²) < 4.78 is 0. The van der Waals surface area contributed by atoms with Gasteiger partial charge in [0.25, 0.3) is 0 Å². The monoisotopic (exact) mass is 283 g/mol. The Labute approximate surface area is 151 Å². The summed E-state index contributed by atoms with van der Waals surface area (Å²) in [7, 11) is -2.85. The molecule has 1 aromatic rings. The summed E-state index contributed by atoms with van der Waals surface area (Å²) in [4.78, 5) is 20.8. The number of benzene rings is 1. The van der Waals surface area contributed by atoms with Gasteiger partial charge in [-0.15, -0.1) is 0 Å². The van der Waals surface area contributed by atoms with Crippen LogP contribution < -0.4 is 68.9 Å². The maximum absolute atomic E-state index is 10.4. The number of hydrogen-bond acceptors (Lipinski definition) is 2. The number of rotatable bonds is 5. The van der Waals surface area contributed by atoms with Gasteiger partial charge in [0.15, 0.2) is 0 Å². The molecule has 0 unspecified atom stereocenters. The summed E-state index contributed by atoms with van der Waals surface area (Å²) in [6, 6.07) is 10.9. The molecule has 0 amide bonds. The third-order valence-corrected chi connectivity index (χ3v) is 4.83. The van der Waals surface area contributed by atoms with Crippen LogP contribution in [0.5, 0.6) is 0 Å². The second kappa shape index (κ2) is 12.6. The molecule has 0 saturated heterocycles. The van der Waals surface area contributed by atoms with E-state index in [4.69, 9.17) is 0 Å². The molecule has 17 heavy (non-hydrogen) atoms. The Morgan fingerprint density at radius 2 is 1.76 bits per heavy atom. The first kappa shape index (κ1) is 20.8. The second-order valence-electron chi connectivity index (χ2n) is 3.40. The van der Waals surface area contributed by atoms with E-state index in [0.717, 1.165) is 6.04 Å². The normalized spacial score (nSPS) is 10.4. The van der Waals surface area contributed by atoms with Crippen LogP contribution in [-0.2, 0) is 0 Å². The molecule has 6 heteroatoms. The fraction of sp³-hybridized carbons (Fsp3) is 0.273. The van der Waals surface area contributed by atoms with Gasteiger partial charge >= 0.3 is 59.1 Å². The van der Waals surface area contributed by atoms with Crippen LogP contribution in [0.1, 0.15) is 5.56 Å². The minimum absolute atomic E-state index is 0. The van der Waals surface area contributed by atoms with E-state index in [2.05, 4.69) is 18.3 Å². The zero-order valence-electron chi connectivity index (χ0n) is 10.7. The van der Waals surface area contributed by atoms with E-state index < -0.39 is 17.2 Å². The molecule has 2 nitrogen and oxygen atoms in total. The third kappa shape index (κ3) is 11.1. The molecule has 1 aromatic carbocycles. The maximum Gasteiger partial charge on any atom is 1.00 e. The molecule has 1 radical (unpaired) electrons. The average Bonchev–Trinajstić information content (AvgIpc) is 2.25. The fourth-order valence-corrected chi connectivity index (χ4v) is 3.94. The minimum atomic E-state index is -2.21. The Balaban J connectivity index is 0. The predicted octanol–water partition coefficient (Wildman–Crippen LogP) is -4.60. The smallest absolute Gasteiger partial charge is 0.842 e. The van der Waals surface area contributed by atoms with Gasteiger partial charge in [-0.1, -0.05) is 60.9 Å². The summed E-state index contributed by atoms with van der Waals surface area (Å²) in [5.74, 6) is 0. The molecule has 0 aliphatic heterocycles. The summed E-state index contributed by atoms with van der Waals surface area (Å²) in [5.41, 5.74) is 3.33. The van der Waals surface area contributed by atoms with E-state index in [-0.39, 0.29) is 59.1 Å². The van der Waals surface area contributed by atoms with Crippen molar-refractivity contribution in [2.45, 2.75) is 12.6 Å². The Hall–Kier alpha value is 1.53. The van der Waals surface area contributed by atoms with Crippen molar-refractivity contribution in [2.24, 2.45) is 0 Å². The van der Waals surface area contributed by atoms with Crippen molar-refractivity contribution in [1.82, 2.24) is 0 Å². The molecule has 0 aromatic heterocycles. The molecule has 0 atom stereocenters. The molecular weight excluding hydrogens is 269 g/mol. The number of hydrogen-bond donors (Lipinski definition) is 0. The van der Waals surface area contributed by atoms with E-state index in [9.17, 15) is 9.79 Å². The fourth-order valence-electron chi connectivity index (χ4n) is 1.15. The van der Waals surface area contributed by atoms with Gasteiger partial charge in [0.2, 0.25) is 0 Å². The second-order valence-corrected chi connectivity index (χ2v) is 7.04. The van der Waals surface area contributed by atoms with E-state index in [1.165, 1.54) is 5.56 Å². The van der Waals surface area contributed by atoms with Gasteiger partial charge in [0, 0.05) is 0 Å². The zero-order chi connectivity index (χ0) is 11.1. The van der Waals surface area contributed by atoms with Crippen LogP contribution in [0.25, 0.3) is 6.08 Å². The predicted molar refractivity (Wildman–Crippen MR) is 63.7 cm³/mol. The van der Waals surface area contributed by atoms with Crippen LogP contribution in [-0.4, -0.2) is 15.0 Å². The third-order valence-electron chi connectivity index (χ3n) is 2.05. The average molecular weight is 283 g/mol. The molecule has 0 fully saturated rings. The molecule has 0 spiro atoms. The van der Waals surface area contributed by atoms with E-state index in [1.54, 1.807) is 0 Å². The van der Waals surface area contributed by atoms with Gasteiger partial charge < -0.3 is 18.2 Å². The van der Waals surface area contributed by atoms with Crippen molar-refractivity contribution in [3.05, 3.63) is 41.6 Å². The van der Waals surface area contributed by atoms with E-state index in [0.29, 0.717) is 6.16 Å². The Kier molecular flexibility index (Phi) is 15.4. The minimum Gasteiger partial charge on any atom is -0.842 e. The molecule has 0 aliphatic rings. The van der Waals surface area contributed by atoms with E-state index in [1.807, 2.05) is 30.3 Å². The first-order valence-electron chi connectivity index (χ1n) is 4.86. The van der Waals surface area contributed by atoms with Crippen molar-refractivity contribution in [3.8, 4) is 0 Å². The Morgan fingerprint density at radius 3 is 2.29 bits per heavy atom. The van der Waals surface area contributed by atoms with Crippen molar-refractivity contribution >= 4 is 23.2 Å². The summed E-state index contributed by atoms with van der Waals surface area (Å²) >= 11 is 0. The van der Waals surface area contributed by atoms with Gasteiger partial charge in [-0.05, 0) is 5.56 Å². The first-order valence-corrected chi connectivity index (χ1v) is 8.50. The Morgan fingerprint density at radius 1 is 1.18 bits per heavy atom. The van der Waals surface area contributed by atoms with Gasteiger partial charge in [-0.2, -0.15) is 0 Å². The van der Waals surface area contributed by atoms with Crippen molar-refractivity contribution in [3.63, 3.8) is 0 Å². The van der Waals surface area contributed by atoms with Crippen molar-refractivity contribution in [2.75, 3.05) is 6.16 Å². The maximum atomic E-state index is 10.4. The molecule has 0 N–H and O–H groups in total. The molecule has 81 valence electrons. The van der Waals surface area contributed by atoms with Gasteiger partial charge in [-0.3, -0.25) is 0 Å². The molecule has 1 rings (SSSR count). The van der Waals surface area contributed by atoms with Crippen LogP contribution >= 0.6 is 8.38 Å². The standard InChI is InChI=1S/C11H14O2PSi.2Na/c1-15(10-8-14(12)13)9-7-11-5-3-2-4-6-11;;/h2-7,9H,8,10H2,1H3;;/q-2;2*+1. The molecule has 0 saturated carbocycles. The van der Waals surface area contributed by atoms with Crippen LogP contribution in [0.2, 0.25) is 12.6 Å². The van der Waals surface area contributed by atoms with Crippen LogP contribution in [0.3, 0.4) is 0 Å². The van der Waals surface area contributed by atoms with Crippen LogP contribution in [0, 0.1) is 0 Å². The van der Waals surface area contributed by atoms with Gasteiger partial charge in [-0.25, -0.2) is 0 Å². The largest absolute Gasteiger partial charge is 1.00 e. The zero-order valence-corrected chi connectivity index (χ0v) is 16.6. The quantitative estimate of drug-likeness (QED) is 0.403. The molecule has 0 aliphatic carbocycles. The van der Waals surface area contributed by atoms with Crippen molar-refractivity contribution < 1.29 is 68.9 Å². The van der Waals surface area contributed by atoms with E-state index >= 15 is 0 Å². The Bertz CT molecular complexity index is 310. The summed E-state index contributed by atoms with van der Waals surface area (Å²) in [5, 5.41) is 0. The summed E-state index contributed by atoms with van der Waals surface area (Å²) in [6.07, 6.45) is 2.39. The SMILES string of the molecule is C[Si](C=Cc1ccccc1)CCP([O-])[O-].[Na+].[Na+]. The molecule has 0 bridgehead atoms. The molecular formula is C11H14Na2O2PSi. The van der Waals surface area contributed by atoms with Crippen molar-refractivity contribution in [1.29, 1.82) is 0 Å². The van der Waals surface area contributed by atoms with Crippen LogP contribution in [0.15, 0.2) is 36.0 Å². The van der Waals surface area contributed by atoms with Gasteiger partial charge in [0.05, 0.1) is 8.80 Å². The molecule has 0 heterocycles. The summed E-state index contributed by atoms with van der Waals surface area (Å²) in [6.45, 7) is 2.13. The van der Waals surface area contributed by atoms with Crippen LogP contribution in [0.4, 0.5) is 0 Å².